The van der Waals surface area contributed by atoms with E-state index in [-0.39, 0.29) is 12.2 Å². The van der Waals surface area contributed by atoms with Crippen LogP contribution in [0.4, 0.5) is 0 Å². The molecule has 0 radical (unpaired) electrons. The Morgan fingerprint density at radius 3 is 2.10 bits per heavy atom. The molecule has 0 aliphatic rings. The molecule has 3 heteroatoms. The van der Waals surface area contributed by atoms with Crippen LogP contribution in [0.2, 0.25) is 0 Å². The van der Waals surface area contributed by atoms with Crippen LogP contribution in [-0.2, 0) is 11.2 Å². The number of aryl methyl sites for hydroxylation is 1. The Hall–Kier alpha value is -1.64. The molecule has 0 aliphatic heterocycles. The molecule has 21 heavy (non-hydrogen) atoms. The van der Waals surface area contributed by atoms with Crippen molar-refractivity contribution in [2.75, 3.05) is 0 Å². The minimum Gasteiger partial charge on any atom is -0.481 e. The zero-order valence-corrected chi connectivity index (χ0v) is 12.9. The van der Waals surface area contributed by atoms with Gasteiger partial charge < -0.3 is 5.11 Å². The Balaban J connectivity index is 2.24. The van der Waals surface area contributed by atoms with Crippen molar-refractivity contribution in [3.63, 3.8) is 0 Å². The fourth-order valence-corrected chi connectivity index (χ4v) is 2.30. The lowest BCUT2D eigenvalue weighted by Crippen LogP contribution is -1.99. The fourth-order valence-electron chi connectivity index (χ4n) is 2.30. The van der Waals surface area contributed by atoms with Gasteiger partial charge in [0.15, 0.2) is 5.78 Å². The van der Waals surface area contributed by atoms with E-state index in [0.29, 0.717) is 12.8 Å². The molecular weight excluding hydrogens is 264 g/mol. The number of carboxylic acids is 1. The highest BCUT2D eigenvalue weighted by Gasteiger charge is 2.05. The minimum atomic E-state index is -0.741. The summed E-state index contributed by atoms with van der Waals surface area (Å²) >= 11 is 0. The molecule has 0 unspecified atom stereocenters. The Bertz CT molecular complexity index is 434. The van der Waals surface area contributed by atoms with Crippen molar-refractivity contribution in [1.29, 1.82) is 0 Å². The van der Waals surface area contributed by atoms with E-state index in [1.165, 1.54) is 18.4 Å². The number of Topliss-reactive ketones (excluding diaryl/α,β-unsaturated/α-hetero) is 1. The number of ketones is 1. The summed E-state index contributed by atoms with van der Waals surface area (Å²) in [6, 6.07) is 7.96. The monoisotopic (exact) mass is 290 g/mol. The number of aliphatic carboxylic acids is 1. The van der Waals surface area contributed by atoms with E-state index in [2.05, 4.69) is 19.1 Å². The second-order valence-corrected chi connectivity index (χ2v) is 5.53. The van der Waals surface area contributed by atoms with Gasteiger partial charge in [-0.1, -0.05) is 50.5 Å². The summed E-state index contributed by atoms with van der Waals surface area (Å²) in [5, 5.41) is 8.53. The first-order valence-electron chi connectivity index (χ1n) is 7.97. The Morgan fingerprint density at radius 1 is 0.905 bits per heavy atom. The molecular formula is C18H26O3. The fraction of sp³-hybridized carbons (Fsp3) is 0.556. The lowest BCUT2D eigenvalue weighted by atomic mass is 10.0. The minimum absolute atomic E-state index is 0.190. The normalized spacial score (nSPS) is 10.5. The highest BCUT2D eigenvalue weighted by Crippen LogP contribution is 2.12. The molecule has 3 nitrogen and oxygen atoms in total. The smallest absolute Gasteiger partial charge is 0.303 e. The van der Waals surface area contributed by atoms with Gasteiger partial charge in [-0.05, 0) is 31.2 Å². The Morgan fingerprint density at radius 2 is 1.52 bits per heavy atom. The van der Waals surface area contributed by atoms with E-state index in [1.807, 2.05) is 12.1 Å². The van der Waals surface area contributed by atoms with Gasteiger partial charge in [-0.2, -0.15) is 0 Å². The predicted molar refractivity (Wildman–Crippen MR) is 84.7 cm³/mol. The zero-order chi connectivity index (χ0) is 15.5. The average molecular weight is 290 g/mol. The lowest BCUT2D eigenvalue weighted by Gasteiger charge is -2.04. The van der Waals surface area contributed by atoms with E-state index in [1.54, 1.807) is 0 Å². The molecule has 0 bridgehead atoms. The number of hydrogen-bond acceptors (Lipinski definition) is 2. The molecule has 0 saturated carbocycles. The molecule has 1 aromatic rings. The average Bonchev–Trinajstić information content (AvgIpc) is 2.48. The Labute approximate surface area is 127 Å². The van der Waals surface area contributed by atoms with Crippen molar-refractivity contribution in [2.45, 2.75) is 64.7 Å². The van der Waals surface area contributed by atoms with Crippen LogP contribution in [0, 0.1) is 0 Å². The third-order valence-corrected chi connectivity index (χ3v) is 3.64. The molecule has 0 spiro atoms. The van der Waals surface area contributed by atoms with E-state index >= 15 is 0 Å². The van der Waals surface area contributed by atoms with Crippen LogP contribution in [0.5, 0.6) is 0 Å². The van der Waals surface area contributed by atoms with Crippen molar-refractivity contribution in [3.05, 3.63) is 35.4 Å². The summed E-state index contributed by atoms with van der Waals surface area (Å²) in [6.07, 6.45) is 7.59. The maximum Gasteiger partial charge on any atom is 0.303 e. The number of hydrogen-bond donors (Lipinski definition) is 1. The van der Waals surface area contributed by atoms with Gasteiger partial charge in [0.1, 0.15) is 0 Å². The first-order chi connectivity index (χ1) is 10.1. The van der Waals surface area contributed by atoms with Crippen LogP contribution >= 0.6 is 0 Å². The SMILES string of the molecule is CCCCc1ccc(C(=O)CCCCCCC(=O)O)cc1. The molecule has 1 rings (SSSR count). The van der Waals surface area contributed by atoms with Crippen molar-refractivity contribution in [3.8, 4) is 0 Å². The van der Waals surface area contributed by atoms with E-state index in [0.717, 1.165) is 31.2 Å². The van der Waals surface area contributed by atoms with Gasteiger partial charge in [0.2, 0.25) is 0 Å². The number of benzene rings is 1. The molecule has 1 N–H and O–H groups in total. The van der Waals surface area contributed by atoms with Gasteiger partial charge >= 0.3 is 5.97 Å². The number of rotatable bonds is 11. The predicted octanol–water partition coefficient (Wildman–Crippen LogP) is 4.64. The van der Waals surface area contributed by atoms with Crippen molar-refractivity contribution in [2.24, 2.45) is 0 Å². The maximum atomic E-state index is 12.0. The second kappa shape index (κ2) is 10.1. The summed E-state index contributed by atoms with van der Waals surface area (Å²) in [7, 11) is 0. The van der Waals surface area contributed by atoms with Gasteiger partial charge in [-0.15, -0.1) is 0 Å². The van der Waals surface area contributed by atoms with E-state index in [9.17, 15) is 9.59 Å². The first-order valence-corrected chi connectivity index (χ1v) is 7.97. The van der Waals surface area contributed by atoms with Crippen LogP contribution in [-0.4, -0.2) is 16.9 Å². The number of carboxylic acid groups (broad SMARTS) is 1. The van der Waals surface area contributed by atoms with Crippen LogP contribution in [0.3, 0.4) is 0 Å². The maximum absolute atomic E-state index is 12.0. The van der Waals surface area contributed by atoms with Crippen molar-refractivity contribution in [1.82, 2.24) is 0 Å². The first kappa shape index (κ1) is 17.4. The van der Waals surface area contributed by atoms with Crippen LogP contribution in [0.25, 0.3) is 0 Å². The number of unbranched alkanes of at least 4 members (excludes halogenated alkanes) is 4. The molecule has 0 aromatic heterocycles. The highest BCUT2D eigenvalue weighted by atomic mass is 16.4. The molecule has 0 aliphatic carbocycles. The Kier molecular flexibility index (Phi) is 8.41. The van der Waals surface area contributed by atoms with Crippen molar-refractivity contribution >= 4 is 11.8 Å². The van der Waals surface area contributed by atoms with Gasteiger partial charge in [0.05, 0.1) is 0 Å². The third-order valence-electron chi connectivity index (χ3n) is 3.64. The van der Waals surface area contributed by atoms with Crippen LogP contribution in [0.1, 0.15) is 74.2 Å². The van der Waals surface area contributed by atoms with Gasteiger partial charge in [0.25, 0.3) is 0 Å². The third kappa shape index (κ3) is 7.64. The molecule has 0 heterocycles. The summed E-state index contributed by atoms with van der Waals surface area (Å²) in [5.41, 5.74) is 2.09. The standard InChI is InChI=1S/C18H26O3/c1-2-3-8-15-11-13-16(14-12-15)17(19)9-6-4-5-7-10-18(20)21/h11-14H,2-10H2,1H3,(H,20,21). The lowest BCUT2D eigenvalue weighted by molar-refractivity contribution is -0.137. The van der Waals surface area contributed by atoms with Gasteiger partial charge in [0, 0.05) is 18.4 Å². The van der Waals surface area contributed by atoms with Crippen LogP contribution in [0.15, 0.2) is 24.3 Å². The quantitative estimate of drug-likeness (QED) is 0.477. The number of carbonyl (C=O) groups excluding carboxylic acids is 1. The van der Waals surface area contributed by atoms with Crippen molar-refractivity contribution < 1.29 is 14.7 Å². The molecule has 116 valence electrons. The summed E-state index contributed by atoms with van der Waals surface area (Å²) in [6.45, 7) is 2.17. The zero-order valence-electron chi connectivity index (χ0n) is 12.9. The summed E-state index contributed by atoms with van der Waals surface area (Å²) in [5.74, 6) is -0.551. The number of carbonyl (C=O) groups is 2. The van der Waals surface area contributed by atoms with Gasteiger partial charge in [-0.3, -0.25) is 9.59 Å². The molecule has 1 aromatic carbocycles. The van der Waals surface area contributed by atoms with Gasteiger partial charge in [-0.25, -0.2) is 0 Å². The van der Waals surface area contributed by atoms with E-state index < -0.39 is 5.97 Å². The highest BCUT2D eigenvalue weighted by molar-refractivity contribution is 5.96. The molecule has 0 saturated heterocycles. The summed E-state index contributed by atoms with van der Waals surface area (Å²) < 4.78 is 0. The second-order valence-electron chi connectivity index (χ2n) is 5.53. The van der Waals surface area contributed by atoms with E-state index in [4.69, 9.17) is 5.11 Å². The molecule has 0 amide bonds. The molecule has 0 atom stereocenters. The van der Waals surface area contributed by atoms with Crippen LogP contribution < -0.4 is 0 Å². The summed E-state index contributed by atoms with van der Waals surface area (Å²) in [4.78, 5) is 22.4. The topological polar surface area (TPSA) is 54.4 Å². The molecule has 0 fully saturated rings. The largest absolute Gasteiger partial charge is 0.481 e.